The normalized spacial score (nSPS) is 25.1. The van der Waals surface area contributed by atoms with Crippen molar-refractivity contribution in [1.82, 2.24) is 24.9 Å². The maximum absolute atomic E-state index is 13.5. The monoisotopic (exact) mass is 389 g/mol. The van der Waals surface area contributed by atoms with Crippen LogP contribution in [0, 0.1) is 6.92 Å². The first-order valence-electron chi connectivity index (χ1n) is 9.70. The van der Waals surface area contributed by atoms with Crippen LogP contribution in [0.5, 0.6) is 0 Å². The minimum atomic E-state index is -2.61. The minimum absolute atomic E-state index is 0.0449. The number of rotatable bonds is 3. The molecule has 148 valence electrons. The molecule has 0 bridgehead atoms. The second kappa shape index (κ2) is 6.22. The summed E-state index contributed by atoms with van der Waals surface area (Å²) in [7, 11) is 0. The molecule has 3 aromatic heterocycles. The highest BCUT2D eigenvalue weighted by molar-refractivity contribution is 5.73. The number of nitrogens with zero attached hydrogens (tertiary/aromatic N) is 4. The lowest BCUT2D eigenvalue weighted by Crippen LogP contribution is -2.28. The van der Waals surface area contributed by atoms with Crippen LogP contribution in [0.2, 0.25) is 0 Å². The molecule has 0 saturated heterocycles. The summed E-state index contributed by atoms with van der Waals surface area (Å²) in [6.45, 7) is 1.87. The van der Waals surface area contributed by atoms with Crippen molar-refractivity contribution in [2.45, 2.75) is 69.2 Å². The van der Waals surface area contributed by atoms with E-state index < -0.39 is 5.92 Å². The predicted molar refractivity (Wildman–Crippen MR) is 96.6 cm³/mol. The molecular formula is C19H21F2N5O2. The van der Waals surface area contributed by atoms with Crippen LogP contribution in [0.3, 0.4) is 0 Å². The zero-order chi connectivity index (χ0) is 19.5. The van der Waals surface area contributed by atoms with E-state index in [9.17, 15) is 13.6 Å². The van der Waals surface area contributed by atoms with Crippen molar-refractivity contribution in [2.24, 2.45) is 0 Å². The highest BCUT2D eigenvalue weighted by Gasteiger charge is 2.39. The van der Waals surface area contributed by atoms with E-state index in [1.807, 2.05) is 13.0 Å². The van der Waals surface area contributed by atoms with Crippen molar-refractivity contribution in [3.05, 3.63) is 39.9 Å². The molecule has 2 fully saturated rings. The summed E-state index contributed by atoms with van der Waals surface area (Å²) in [5.74, 6) is -1.02. The Morgan fingerprint density at radius 3 is 2.61 bits per heavy atom. The van der Waals surface area contributed by atoms with Crippen molar-refractivity contribution < 1.29 is 13.3 Å². The molecular weight excluding hydrogens is 368 g/mol. The van der Waals surface area contributed by atoms with Gasteiger partial charge in [0.15, 0.2) is 5.65 Å². The van der Waals surface area contributed by atoms with Gasteiger partial charge in [-0.25, -0.2) is 18.4 Å². The van der Waals surface area contributed by atoms with Gasteiger partial charge in [-0.15, -0.1) is 0 Å². The van der Waals surface area contributed by atoms with Crippen LogP contribution in [0.1, 0.15) is 73.7 Å². The van der Waals surface area contributed by atoms with E-state index >= 15 is 0 Å². The number of alkyl halides is 2. The van der Waals surface area contributed by atoms with E-state index in [4.69, 9.17) is 9.51 Å². The fourth-order valence-corrected chi connectivity index (χ4v) is 4.39. The summed E-state index contributed by atoms with van der Waals surface area (Å²) >= 11 is 0. The van der Waals surface area contributed by atoms with Crippen LogP contribution in [0.15, 0.2) is 21.6 Å². The molecule has 0 spiro atoms. The van der Waals surface area contributed by atoms with Gasteiger partial charge < -0.3 is 9.51 Å². The Kier molecular flexibility index (Phi) is 3.89. The van der Waals surface area contributed by atoms with Crippen LogP contribution in [0.25, 0.3) is 11.0 Å². The molecule has 0 amide bonds. The van der Waals surface area contributed by atoms with E-state index in [1.165, 1.54) is 6.20 Å². The molecule has 7 nitrogen and oxygen atoms in total. The van der Waals surface area contributed by atoms with E-state index in [1.54, 1.807) is 4.68 Å². The third-order valence-electron chi connectivity index (χ3n) is 6.15. The summed E-state index contributed by atoms with van der Waals surface area (Å²) < 4.78 is 34.1. The number of aromatic amines is 1. The number of H-pyrrole nitrogens is 1. The predicted octanol–water partition coefficient (Wildman–Crippen LogP) is 3.83. The first-order valence-corrected chi connectivity index (χ1v) is 9.70. The zero-order valence-electron chi connectivity index (χ0n) is 15.5. The molecule has 2 aliphatic carbocycles. The molecule has 5 rings (SSSR count). The van der Waals surface area contributed by atoms with Crippen molar-refractivity contribution in [2.75, 3.05) is 0 Å². The second-order valence-corrected chi connectivity index (χ2v) is 8.03. The van der Waals surface area contributed by atoms with Crippen molar-refractivity contribution in [3.63, 3.8) is 0 Å². The van der Waals surface area contributed by atoms with Crippen molar-refractivity contribution >= 4 is 11.0 Å². The SMILES string of the molecule is Cc1cc([C@H]2CC[C@@H]2c2nc3c(cnn3C3CCC(F)(F)CC3)c(=O)[nH]2)on1. The number of fused-ring (bicyclic) bond motifs is 1. The molecule has 0 radical (unpaired) electrons. The summed E-state index contributed by atoms with van der Waals surface area (Å²) in [6, 6.07) is 1.76. The lowest BCUT2D eigenvalue weighted by atomic mass is 9.71. The van der Waals surface area contributed by atoms with Crippen LogP contribution in [-0.2, 0) is 0 Å². The molecule has 28 heavy (non-hydrogen) atoms. The molecule has 3 aromatic rings. The Labute approximate surface area is 159 Å². The number of aryl methyl sites for hydroxylation is 1. The van der Waals surface area contributed by atoms with Gasteiger partial charge in [0, 0.05) is 30.7 Å². The lowest BCUT2D eigenvalue weighted by Gasteiger charge is -2.33. The Balaban J connectivity index is 1.49. The molecule has 0 aliphatic heterocycles. The maximum Gasteiger partial charge on any atom is 0.262 e. The molecule has 0 aromatic carbocycles. The number of hydrogen-bond acceptors (Lipinski definition) is 5. The van der Waals surface area contributed by atoms with Crippen LogP contribution in [0.4, 0.5) is 8.78 Å². The minimum Gasteiger partial charge on any atom is -0.361 e. The largest absolute Gasteiger partial charge is 0.361 e. The van der Waals surface area contributed by atoms with Gasteiger partial charge in [0.05, 0.1) is 17.9 Å². The summed E-state index contributed by atoms with van der Waals surface area (Å²) in [4.78, 5) is 20.2. The topological polar surface area (TPSA) is 89.6 Å². The van der Waals surface area contributed by atoms with Crippen LogP contribution in [-0.4, -0.2) is 30.8 Å². The van der Waals surface area contributed by atoms with Crippen molar-refractivity contribution in [1.29, 1.82) is 0 Å². The molecule has 2 aliphatic rings. The van der Waals surface area contributed by atoms with Gasteiger partial charge in [-0.3, -0.25) is 4.79 Å². The third-order valence-corrected chi connectivity index (χ3v) is 6.15. The maximum atomic E-state index is 13.5. The Bertz CT molecular complexity index is 1080. The average Bonchev–Trinajstić information content (AvgIpc) is 3.21. The van der Waals surface area contributed by atoms with Gasteiger partial charge in [-0.2, -0.15) is 5.10 Å². The number of halogens is 2. The quantitative estimate of drug-likeness (QED) is 0.735. The van der Waals surface area contributed by atoms with Gasteiger partial charge in [0.25, 0.3) is 5.56 Å². The third kappa shape index (κ3) is 2.84. The summed E-state index contributed by atoms with van der Waals surface area (Å²) in [5, 5.41) is 8.66. The van der Waals surface area contributed by atoms with E-state index in [2.05, 4.69) is 15.2 Å². The van der Waals surface area contributed by atoms with E-state index in [0.29, 0.717) is 29.7 Å². The fraction of sp³-hybridized carbons (Fsp3) is 0.579. The summed E-state index contributed by atoms with van der Waals surface area (Å²) in [6.07, 6.45) is 3.65. The van der Waals surface area contributed by atoms with Crippen LogP contribution >= 0.6 is 0 Å². The van der Waals surface area contributed by atoms with Gasteiger partial charge in [-0.1, -0.05) is 5.16 Å². The number of nitrogens with one attached hydrogen (secondary N) is 1. The number of aromatic nitrogens is 5. The molecule has 3 heterocycles. The number of hydrogen-bond donors (Lipinski definition) is 1. The molecule has 0 unspecified atom stereocenters. The van der Waals surface area contributed by atoms with Gasteiger partial charge in [-0.05, 0) is 32.6 Å². The second-order valence-electron chi connectivity index (χ2n) is 8.03. The Morgan fingerprint density at radius 1 is 1.21 bits per heavy atom. The molecule has 2 atom stereocenters. The van der Waals surface area contributed by atoms with Crippen LogP contribution < -0.4 is 5.56 Å². The van der Waals surface area contributed by atoms with Gasteiger partial charge in [0.2, 0.25) is 5.92 Å². The Hall–Kier alpha value is -2.58. The van der Waals surface area contributed by atoms with E-state index in [0.717, 1.165) is 24.3 Å². The van der Waals surface area contributed by atoms with Gasteiger partial charge in [0.1, 0.15) is 17.0 Å². The highest BCUT2D eigenvalue weighted by atomic mass is 19.3. The molecule has 1 N–H and O–H groups in total. The van der Waals surface area contributed by atoms with Gasteiger partial charge >= 0.3 is 0 Å². The summed E-state index contributed by atoms with van der Waals surface area (Å²) in [5.41, 5.74) is 1.06. The standard InChI is InChI=1S/C19H21F2N5O2/c1-10-8-15(28-25-10)12-2-3-13(12)16-23-17-14(18(27)24-16)9-22-26(17)11-4-6-19(20,21)7-5-11/h8-9,11-13H,2-7H2,1H3,(H,23,24,27)/t12-,13-/m0/s1. The first-order chi connectivity index (χ1) is 13.4. The smallest absolute Gasteiger partial charge is 0.262 e. The highest BCUT2D eigenvalue weighted by Crippen LogP contribution is 2.48. The molecule has 2 saturated carbocycles. The average molecular weight is 389 g/mol. The molecule has 9 heteroatoms. The van der Waals surface area contributed by atoms with Crippen molar-refractivity contribution in [3.8, 4) is 0 Å². The fourth-order valence-electron chi connectivity index (χ4n) is 4.39. The lowest BCUT2D eigenvalue weighted by molar-refractivity contribution is -0.0446. The first kappa shape index (κ1) is 17.5. The Morgan fingerprint density at radius 2 is 1.96 bits per heavy atom. The zero-order valence-corrected chi connectivity index (χ0v) is 15.5. The van der Waals surface area contributed by atoms with E-state index in [-0.39, 0.29) is 36.3 Å².